The molecule has 0 atom stereocenters. The first kappa shape index (κ1) is 10.8. The molecule has 0 aromatic heterocycles. The molecule has 6 heteroatoms. The van der Waals surface area contributed by atoms with Crippen molar-refractivity contribution in [3.8, 4) is 0 Å². The van der Waals surface area contributed by atoms with Crippen LogP contribution in [0, 0.1) is 0 Å². The van der Waals surface area contributed by atoms with Crippen molar-refractivity contribution < 1.29 is 14.7 Å². The normalized spacial score (nSPS) is 16.2. The number of amides is 2. The first-order valence-electron chi connectivity index (χ1n) is 4.60. The molecule has 0 aromatic rings. The number of carbonyl (C=O) groups excluding carboxylic acids is 1. The summed E-state index contributed by atoms with van der Waals surface area (Å²) in [4.78, 5) is 22.8. The number of nitrogens with one attached hydrogen (secondary N) is 1. The summed E-state index contributed by atoms with van der Waals surface area (Å²) in [5.41, 5.74) is 5.25. The topological polar surface area (TPSA) is 95.7 Å². The van der Waals surface area contributed by atoms with Crippen LogP contribution < -0.4 is 11.1 Å². The second-order valence-electron chi connectivity index (χ2n) is 3.34. The van der Waals surface area contributed by atoms with Gasteiger partial charge in [-0.15, -0.1) is 0 Å². The van der Waals surface area contributed by atoms with E-state index in [4.69, 9.17) is 10.8 Å². The standard InChI is InChI=1S/C8H15N3O3/c9-3-1-2-7(12)10-6-4-11(5-6)8(13)14/h6H,1-5,9H2,(H,10,12)(H,13,14). The molecule has 1 fully saturated rings. The summed E-state index contributed by atoms with van der Waals surface area (Å²) in [5, 5.41) is 11.3. The van der Waals surface area contributed by atoms with E-state index in [-0.39, 0.29) is 11.9 Å². The predicted octanol–water partition coefficient (Wildman–Crippen LogP) is -0.796. The molecule has 4 N–H and O–H groups in total. The fraction of sp³-hybridized carbons (Fsp3) is 0.750. The van der Waals surface area contributed by atoms with Gasteiger partial charge in [-0.05, 0) is 13.0 Å². The lowest BCUT2D eigenvalue weighted by atomic mass is 10.1. The molecule has 1 aliphatic heterocycles. The Morgan fingerprint density at radius 3 is 2.64 bits per heavy atom. The number of rotatable bonds is 4. The fourth-order valence-corrected chi connectivity index (χ4v) is 1.29. The number of nitrogens with two attached hydrogens (primary N) is 1. The van der Waals surface area contributed by atoms with Crippen LogP contribution >= 0.6 is 0 Å². The molecule has 1 heterocycles. The van der Waals surface area contributed by atoms with Gasteiger partial charge in [-0.2, -0.15) is 0 Å². The molecule has 0 aliphatic carbocycles. The third kappa shape index (κ3) is 2.88. The Kier molecular flexibility index (Phi) is 3.70. The molecule has 0 bridgehead atoms. The van der Waals surface area contributed by atoms with Crippen molar-refractivity contribution in [3.63, 3.8) is 0 Å². The molecule has 0 aromatic carbocycles. The smallest absolute Gasteiger partial charge is 0.407 e. The van der Waals surface area contributed by atoms with Crippen molar-refractivity contribution in [3.05, 3.63) is 0 Å². The third-order valence-electron chi connectivity index (χ3n) is 2.13. The minimum absolute atomic E-state index is 0.0172. The van der Waals surface area contributed by atoms with Crippen LogP contribution in [-0.2, 0) is 4.79 Å². The van der Waals surface area contributed by atoms with Gasteiger partial charge in [-0.1, -0.05) is 0 Å². The summed E-state index contributed by atoms with van der Waals surface area (Å²) in [6.45, 7) is 1.28. The largest absolute Gasteiger partial charge is 0.465 e. The van der Waals surface area contributed by atoms with Crippen LogP contribution in [-0.4, -0.2) is 47.7 Å². The zero-order valence-electron chi connectivity index (χ0n) is 7.90. The Morgan fingerprint density at radius 1 is 1.50 bits per heavy atom. The molecule has 1 rings (SSSR count). The van der Waals surface area contributed by atoms with E-state index in [0.29, 0.717) is 32.5 Å². The van der Waals surface area contributed by atoms with E-state index in [2.05, 4.69) is 5.32 Å². The zero-order chi connectivity index (χ0) is 10.6. The lowest BCUT2D eigenvalue weighted by Gasteiger charge is -2.37. The summed E-state index contributed by atoms with van der Waals surface area (Å²) in [6, 6.07) is -0.0172. The number of hydrogen-bond donors (Lipinski definition) is 3. The van der Waals surface area contributed by atoms with E-state index >= 15 is 0 Å². The Labute approximate surface area is 82.1 Å². The van der Waals surface area contributed by atoms with Crippen molar-refractivity contribution in [1.82, 2.24) is 10.2 Å². The SMILES string of the molecule is NCCCC(=O)NC1CN(C(=O)O)C1. The summed E-state index contributed by atoms with van der Waals surface area (Å²) < 4.78 is 0. The number of nitrogens with zero attached hydrogens (tertiary/aromatic N) is 1. The number of hydrogen-bond acceptors (Lipinski definition) is 3. The quantitative estimate of drug-likeness (QED) is 0.555. The van der Waals surface area contributed by atoms with E-state index in [1.165, 1.54) is 4.90 Å². The first-order chi connectivity index (χ1) is 6.63. The van der Waals surface area contributed by atoms with Crippen LogP contribution in [0.3, 0.4) is 0 Å². The van der Waals surface area contributed by atoms with Gasteiger partial charge in [-0.25, -0.2) is 4.79 Å². The fourth-order valence-electron chi connectivity index (χ4n) is 1.29. The van der Waals surface area contributed by atoms with E-state index in [1.807, 2.05) is 0 Å². The molecule has 1 aliphatic rings. The van der Waals surface area contributed by atoms with Gasteiger partial charge < -0.3 is 21.1 Å². The molecule has 0 radical (unpaired) electrons. The number of carbonyl (C=O) groups is 2. The highest BCUT2D eigenvalue weighted by Gasteiger charge is 2.30. The summed E-state index contributed by atoms with van der Waals surface area (Å²) in [6.07, 6.45) is 0.152. The van der Waals surface area contributed by atoms with Crippen molar-refractivity contribution >= 4 is 12.0 Å². The molecule has 0 spiro atoms. The Bertz CT molecular complexity index is 226. The highest BCUT2D eigenvalue weighted by atomic mass is 16.4. The number of carboxylic acid groups (broad SMARTS) is 1. The van der Waals surface area contributed by atoms with Crippen LogP contribution in [0.4, 0.5) is 4.79 Å². The van der Waals surface area contributed by atoms with Gasteiger partial charge in [0.15, 0.2) is 0 Å². The summed E-state index contributed by atoms with van der Waals surface area (Å²) in [7, 11) is 0. The van der Waals surface area contributed by atoms with Gasteiger partial charge in [0, 0.05) is 19.5 Å². The molecular weight excluding hydrogens is 186 g/mol. The zero-order valence-corrected chi connectivity index (χ0v) is 7.90. The molecule has 1 saturated heterocycles. The molecule has 0 saturated carbocycles. The van der Waals surface area contributed by atoms with Crippen molar-refractivity contribution in [1.29, 1.82) is 0 Å². The van der Waals surface area contributed by atoms with Gasteiger partial charge in [0.2, 0.25) is 5.91 Å². The Balaban J connectivity index is 2.10. The van der Waals surface area contributed by atoms with E-state index in [9.17, 15) is 9.59 Å². The maximum atomic E-state index is 11.1. The molecule has 0 unspecified atom stereocenters. The number of likely N-dealkylation sites (tertiary alicyclic amines) is 1. The second kappa shape index (κ2) is 4.80. The van der Waals surface area contributed by atoms with Gasteiger partial charge in [0.1, 0.15) is 0 Å². The van der Waals surface area contributed by atoms with Gasteiger partial charge >= 0.3 is 6.09 Å². The maximum absolute atomic E-state index is 11.1. The van der Waals surface area contributed by atoms with Crippen molar-refractivity contribution in [2.75, 3.05) is 19.6 Å². The van der Waals surface area contributed by atoms with E-state index in [1.54, 1.807) is 0 Å². The van der Waals surface area contributed by atoms with Crippen LogP contribution in [0.1, 0.15) is 12.8 Å². The first-order valence-corrected chi connectivity index (χ1v) is 4.60. The molecule has 6 nitrogen and oxygen atoms in total. The summed E-state index contributed by atoms with van der Waals surface area (Å²) >= 11 is 0. The highest BCUT2D eigenvalue weighted by Crippen LogP contribution is 2.07. The lowest BCUT2D eigenvalue weighted by Crippen LogP contribution is -2.60. The van der Waals surface area contributed by atoms with Crippen molar-refractivity contribution in [2.24, 2.45) is 5.73 Å². The Morgan fingerprint density at radius 2 is 2.14 bits per heavy atom. The third-order valence-corrected chi connectivity index (χ3v) is 2.13. The van der Waals surface area contributed by atoms with Crippen LogP contribution in [0.2, 0.25) is 0 Å². The minimum Gasteiger partial charge on any atom is -0.465 e. The second-order valence-corrected chi connectivity index (χ2v) is 3.34. The monoisotopic (exact) mass is 201 g/mol. The van der Waals surface area contributed by atoms with Gasteiger partial charge in [0.25, 0.3) is 0 Å². The van der Waals surface area contributed by atoms with Crippen LogP contribution in [0.15, 0.2) is 0 Å². The average Bonchev–Trinajstić information content (AvgIpc) is 2.06. The lowest BCUT2D eigenvalue weighted by molar-refractivity contribution is -0.122. The highest BCUT2D eigenvalue weighted by molar-refractivity contribution is 5.76. The van der Waals surface area contributed by atoms with E-state index in [0.717, 1.165) is 0 Å². The predicted molar refractivity (Wildman–Crippen MR) is 49.8 cm³/mol. The average molecular weight is 201 g/mol. The van der Waals surface area contributed by atoms with Gasteiger partial charge in [0.05, 0.1) is 6.04 Å². The van der Waals surface area contributed by atoms with Gasteiger partial charge in [-0.3, -0.25) is 4.79 Å². The molecule has 80 valence electrons. The minimum atomic E-state index is -0.933. The maximum Gasteiger partial charge on any atom is 0.407 e. The molecule has 14 heavy (non-hydrogen) atoms. The molecular formula is C8H15N3O3. The van der Waals surface area contributed by atoms with Crippen molar-refractivity contribution in [2.45, 2.75) is 18.9 Å². The molecule has 2 amide bonds. The van der Waals surface area contributed by atoms with E-state index < -0.39 is 6.09 Å². The summed E-state index contributed by atoms with van der Waals surface area (Å²) in [5.74, 6) is -0.0505. The van der Waals surface area contributed by atoms with Crippen LogP contribution in [0.5, 0.6) is 0 Å². The Hall–Kier alpha value is -1.30. The van der Waals surface area contributed by atoms with Crippen LogP contribution in [0.25, 0.3) is 0 Å².